The number of nitrogens with two attached hydrogens (primary N) is 1. The second kappa shape index (κ2) is 6.01. The predicted octanol–water partition coefficient (Wildman–Crippen LogP) is 2.13. The SMILES string of the molecule is Cc1csc(CN)c1S(=O)(=O)NCc1ccc(F)cc1. The molecular formula is C13H15FN2O2S2. The van der Waals surface area contributed by atoms with Crippen molar-refractivity contribution in [2.75, 3.05) is 0 Å². The van der Waals surface area contributed by atoms with Gasteiger partial charge in [0.05, 0.1) is 0 Å². The van der Waals surface area contributed by atoms with Crippen molar-refractivity contribution >= 4 is 21.4 Å². The van der Waals surface area contributed by atoms with Crippen molar-refractivity contribution in [3.05, 3.63) is 51.5 Å². The van der Waals surface area contributed by atoms with E-state index in [1.165, 1.54) is 23.5 Å². The van der Waals surface area contributed by atoms with Gasteiger partial charge in [0.25, 0.3) is 0 Å². The molecule has 0 radical (unpaired) electrons. The van der Waals surface area contributed by atoms with Crippen LogP contribution in [0.15, 0.2) is 34.5 Å². The molecule has 0 saturated carbocycles. The van der Waals surface area contributed by atoms with Gasteiger partial charge in [0.2, 0.25) is 10.0 Å². The Morgan fingerprint density at radius 3 is 2.55 bits per heavy atom. The zero-order chi connectivity index (χ0) is 14.8. The van der Waals surface area contributed by atoms with E-state index in [0.29, 0.717) is 16.0 Å². The Hall–Kier alpha value is -1.28. The van der Waals surface area contributed by atoms with E-state index in [1.54, 1.807) is 24.4 Å². The highest BCUT2D eigenvalue weighted by Gasteiger charge is 2.21. The van der Waals surface area contributed by atoms with Crippen LogP contribution in [0.5, 0.6) is 0 Å². The maximum Gasteiger partial charge on any atom is 0.242 e. The minimum Gasteiger partial charge on any atom is -0.326 e. The summed E-state index contributed by atoms with van der Waals surface area (Å²) < 4.78 is 39.9. The zero-order valence-corrected chi connectivity index (χ0v) is 12.5. The average Bonchev–Trinajstić information content (AvgIpc) is 2.80. The van der Waals surface area contributed by atoms with Crippen LogP contribution in [0.25, 0.3) is 0 Å². The molecule has 0 amide bonds. The van der Waals surface area contributed by atoms with E-state index >= 15 is 0 Å². The summed E-state index contributed by atoms with van der Waals surface area (Å²) in [4.78, 5) is 0.890. The summed E-state index contributed by atoms with van der Waals surface area (Å²) in [6.45, 7) is 2.04. The fraction of sp³-hybridized carbons (Fsp3) is 0.231. The maximum atomic E-state index is 12.8. The molecule has 1 heterocycles. The Bertz CT molecular complexity index is 694. The van der Waals surface area contributed by atoms with E-state index in [9.17, 15) is 12.8 Å². The molecule has 0 aliphatic carbocycles. The van der Waals surface area contributed by atoms with Gasteiger partial charge >= 0.3 is 0 Å². The predicted molar refractivity (Wildman–Crippen MR) is 77.4 cm³/mol. The molecule has 0 aliphatic heterocycles. The van der Waals surface area contributed by atoms with Gasteiger partial charge in [0.1, 0.15) is 10.7 Å². The molecule has 4 nitrogen and oxygen atoms in total. The van der Waals surface area contributed by atoms with Crippen LogP contribution in [0.4, 0.5) is 4.39 Å². The normalized spacial score (nSPS) is 11.8. The molecule has 108 valence electrons. The highest BCUT2D eigenvalue weighted by atomic mass is 32.2. The standard InChI is InChI=1S/C13H15FN2O2S2/c1-9-8-19-12(6-15)13(9)20(17,18)16-7-10-2-4-11(14)5-3-10/h2-5,8,16H,6-7,15H2,1H3. The fourth-order valence-electron chi connectivity index (χ4n) is 1.84. The van der Waals surface area contributed by atoms with Crippen LogP contribution in [0.1, 0.15) is 16.0 Å². The number of aryl methyl sites for hydroxylation is 1. The molecule has 3 N–H and O–H groups in total. The van der Waals surface area contributed by atoms with Crippen molar-refractivity contribution in [2.24, 2.45) is 5.73 Å². The molecule has 20 heavy (non-hydrogen) atoms. The van der Waals surface area contributed by atoms with E-state index in [4.69, 9.17) is 5.73 Å². The maximum absolute atomic E-state index is 12.8. The lowest BCUT2D eigenvalue weighted by Crippen LogP contribution is -2.24. The largest absolute Gasteiger partial charge is 0.326 e. The van der Waals surface area contributed by atoms with Crippen LogP contribution in [0.2, 0.25) is 0 Å². The molecule has 1 aromatic heterocycles. The number of halogens is 1. The van der Waals surface area contributed by atoms with Gasteiger partial charge in [0, 0.05) is 18.0 Å². The van der Waals surface area contributed by atoms with Gasteiger partial charge in [-0.3, -0.25) is 0 Å². The molecule has 2 rings (SSSR count). The lowest BCUT2D eigenvalue weighted by Gasteiger charge is -2.08. The van der Waals surface area contributed by atoms with Gasteiger partial charge in [-0.25, -0.2) is 17.5 Å². The number of hydrogen-bond acceptors (Lipinski definition) is 4. The number of rotatable bonds is 5. The minimum atomic E-state index is -3.61. The molecule has 0 spiro atoms. The number of benzene rings is 1. The van der Waals surface area contributed by atoms with Crippen LogP contribution in [0.3, 0.4) is 0 Å². The third kappa shape index (κ3) is 3.24. The van der Waals surface area contributed by atoms with Crippen molar-refractivity contribution in [3.63, 3.8) is 0 Å². The summed E-state index contributed by atoms with van der Waals surface area (Å²) in [6, 6.07) is 5.68. The third-order valence-electron chi connectivity index (χ3n) is 2.82. The Labute approximate surface area is 121 Å². The van der Waals surface area contributed by atoms with Crippen LogP contribution in [-0.2, 0) is 23.1 Å². The monoisotopic (exact) mass is 314 g/mol. The van der Waals surface area contributed by atoms with Crippen LogP contribution in [0, 0.1) is 12.7 Å². The first-order chi connectivity index (χ1) is 9.44. The van der Waals surface area contributed by atoms with Gasteiger partial charge in [-0.05, 0) is 35.6 Å². The molecule has 0 saturated heterocycles. The van der Waals surface area contributed by atoms with Crippen molar-refractivity contribution in [3.8, 4) is 0 Å². The molecule has 0 unspecified atom stereocenters. The summed E-state index contributed by atoms with van der Waals surface area (Å²) in [5.41, 5.74) is 6.94. The van der Waals surface area contributed by atoms with E-state index in [-0.39, 0.29) is 23.8 Å². The lowest BCUT2D eigenvalue weighted by atomic mass is 10.2. The topological polar surface area (TPSA) is 72.2 Å². The molecule has 0 atom stereocenters. The molecular weight excluding hydrogens is 299 g/mol. The van der Waals surface area contributed by atoms with Crippen molar-refractivity contribution in [2.45, 2.75) is 24.9 Å². The van der Waals surface area contributed by atoms with Gasteiger partial charge in [-0.1, -0.05) is 12.1 Å². The summed E-state index contributed by atoms with van der Waals surface area (Å²) >= 11 is 1.33. The van der Waals surface area contributed by atoms with Crippen LogP contribution in [-0.4, -0.2) is 8.42 Å². The Morgan fingerprint density at radius 1 is 1.30 bits per heavy atom. The van der Waals surface area contributed by atoms with Gasteiger partial charge < -0.3 is 5.73 Å². The number of sulfonamides is 1. The van der Waals surface area contributed by atoms with E-state index in [2.05, 4.69) is 4.72 Å². The Balaban J connectivity index is 2.19. The molecule has 0 fully saturated rings. The second-order valence-corrected chi connectivity index (χ2v) is 6.99. The smallest absolute Gasteiger partial charge is 0.242 e. The van der Waals surface area contributed by atoms with E-state index in [0.717, 1.165) is 0 Å². The fourth-order valence-corrected chi connectivity index (χ4v) is 4.56. The molecule has 1 aromatic carbocycles. The summed E-state index contributed by atoms with van der Waals surface area (Å²) in [5, 5.41) is 1.77. The van der Waals surface area contributed by atoms with E-state index in [1.807, 2.05) is 0 Å². The Morgan fingerprint density at radius 2 is 1.95 bits per heavy atom. The van der Waals surface area contributed by atoms with Crippen molar-refractivity contribution < 1.29 is 12.8 Å². The zero-order valence-electron chi connectivity index (χ0n) is 10.9. The van der Waals surface area contributed by atoms with Gasteiger partial charge in [0.15, 0.2) is 0 Å². The van der Waals surface area contributed by atoms with Gasteiger partial charge in [-0.15, -0.1) is 11.3 Å². The number of hydrogen-bond donors (Lipinski definition) is 2. The average molecular weight is 314 g/mol. The van der Waals surface area contributed by atoms with Crippen molar-refractivity contribution in [1.82, 2.24) is 4.72 Å². The molecule has 7 heteroatoms. The third-order valence-corrected chi connectivity index (χ3v) is 5.71. The molecule has 0 aliphatic rings. The van der Waals surface area contributed by atoms with Gasteiger partial charge in [-0.2, -0.15) is 0 Å². The van der Waals surface area contributed by atoms with E-state index < -0.39 is 10.0 Å². The van der Waals surface area contributed by atoms with Crippen LogP contribution >= 0.6 is 11.3 Å². The highest BCUT2D eigenvalue weighted by molar-refractivity contribution is 7.89. The van der Waals surface area contributed by atoms with Crippen LogP contribution < -0.4 is 10.5 Å². The number of thiophene rings is 1. The summed E-state index contributed by atoms with van der Waals surface area (Å²) in [6.07, 6.45) is 0. The highest BCUT2D eigenvalue weighted by Crippen LogP contribution is 2.26. The quantitative estimate of drug-likeness (QED) is 0.888. The number of nitrogens with one attached hydrogen (secondary N) is 1. The molecule has 2 aromatic rings. The van der Waals surface area contributed by atoms with Crippen molar-refractivity contribution in [1.29, 1.82) is 0 Å². The first-order valence-corrected chi connectivity index (χ1v) is 8.31. The second-order valence-electron chi connectivity index (χ2n) is 4.33. The molecule has 0 bridgehead atoms. The minimum absolute atomic E-state index is 0.113. The summed E-state index contributed by atoms with van der Waals surface area (Å²) in [5.74, 6) is -0.351. The Kier molecular flexibility index (Phi) is 4.54. The lowest BCUT2D eigenvalue weighted by molar-refractivity contribution is 0.580. The first-order valence-electron chi connectivity index (χ1n) is 5.95. The first kappa shape index (κ1) is 15.1. The summed E-state index contributed by atoms with van der Waals surface area (Å²) in [7, 11) is -3.61.